The summed E-state index contributed by atoms with van der Waals surface area (Å²) in [5, 5.41) is 22.5. The van der Waals surface area contributed by atoms with Gasteiger partial charge < -0.3 is 24.8 Å². The van der Waals surface area contributed by atoms with E-state index >= 15 is 0 Å². The maximum atomic E-state index is 14.9. The first kappa shape index (κ1) is 21.0. The van der Waals surface area contributed by atoms with Crippen molar-refractivity contribution in [3.63, 3.8) is 0 Å². The van der Waals surface area contributed by atoms with Crippen LogP contribution in [-0.4, -0.2) is 69.8 Å². The van der Waals surface area contributed by atoms with E-state index in [4.69, 9.17) is 9.47 Å². The van der Waals surface area contributed by atoms with Gasteiger partial charge in [-0.15, -0.1) is 10.2 Å². The summed E-state index contributed by atoms with van der Waals surface area (Å²) in [7, 11) is 1.83. The van der Waals surface area contributed by atoms with Crippen LogP contribution in [0.5, 0.6) is 17.4 Å². The molecule has 5 heterocycles. The van der Waals surface area contributed by atoms with E-state index in [1.54, 1.807) is 24.5 Å². The van der Waals surface area contributed by atoms with Crippen molar-refractivity contribution < 1.29 is 19.0 Å². The molecular weight excluding hydrogens is 439 g/mol. The van der Waals surface area contributed by atoms with Crippen LogP contribution in [0, 0.1) is 0 Å². The third-order valence-corrected chi connectivity index (χ3v) is 6.93. The van der Waals surface area contributed by atoms with Gasteiger partial charge in [-0.3, -0.25) is 0 Å². The lowest BCUT2D eigenvalue weighted by Crippen LogP contribution is -2.55. The largest absolute Gasteiger partial charge is 0.507 e. The van der Waals surface area contributed by atoms with Gasteiger partial charge in [0.2, 0.25) is 0 Å². The fourth-order valence-corrected chi connectivity index (χ4v) is 5.06. The van der Waals surface area contributed by atoms with Gasteiger partial charge in [0.1, 0.15) is 25.1 Å². The molecule has 34 heavy (non-hydrogen) atoms. The Morgan fingerprint density at radius 3 is 2.76 bits per heavy atom. The number of nitrogens with zero attached hydrogens (tertiary/aromatic N) is 5. The average molecular weight is 465 g/mol. The molecule has 2 N–H and O–H groups in total. The first-order valence-electron chi connectivity index (χ1n) is 11.5. The lowest BCUT2D eigenvalue weighted by molar-refractivity contribution is 0.164. The lowest BCUT2D eigenvalue weighted by Gasteiger charge is -2.38. The van der Waals surface area contributed by atoms with Gasteiger partial charge in [-0.2, -0.15) is 0 Å². The topological polar surface area (TPSA) is 106 Å². The zero-order chi connectivity index (χ0) is 23.2. The zero-order valence-electron chi connectivity index (χ0n) is 18.7. The molecule has 6 rings (SSSR count). The number of halogens is 1. The van der Waals surface area contributed by atoms with Crippen LogP contribution in [-0.2, 0) is 0 Å². The molecule has 10 heteroatoms. The average Bonchev–Trinajstić information content (AvgIpc) is 3.29. The van der Waals surface area contributed by atoms with Gasteiger partial charge in [0.05, 0.1) is 17.8 Å². The van der Waals surface area contributed by atoms with Gasteiger partial charge in [0, 0.05) is 30.9 Å². The molecule has 176 valence electrons. The number of nitrogens with one attached hydrogen (secondary N) is 1. The number of phenols is 1. The number of fused-ring (bicyclic) bond motifs is 3. The number of piperidine rings is 1. The number of pyridine rings is 1. The second-order valence-electron chi connectivity index (χ2n) is 9.00. The highest BCUT2D eigenvalue weighted by atomic mass is 19.1. The molecule has 1 aromatic carbocycles. The van der Waals surface area contributed by atoms with Crippen molar-refractivity contribution in [1.82, 2.24) is 25.5 Å². The fourth-order valence-electron chi connectivity index (χ4n) is 5.06. The molecule has 0 spiro atoms. The summed E-state index contributed by atoms with van der Waals surface area (Å²) < 4.78 is 26.0. The van der Waals surface area contributed by atoms with E-state index in [1.165, 1.54) is 0 Å². The quantitative estimate of drug-likeness (QED) is 0.603. The van der Waals surface area contributed by atoms with Gasteiger partial charge >= 0.3 is 0 Å². The van der Waals surface area contributed by atoms with Crippen LogP contribution in [0.3, 0.4) is 0 Å². The van der Waals surface area contributed by atoms with Crippen molar-refractivity contribution in [2.75, 3.05) is 25.2 Å². The predicted octanol–water partition coefficient (Wildman–Crippen LogP) is 2.74. The van der Waals surface area contributed by atoms with Crippen molar-refractivity contribution >= 4 is 5.82 Å². The van der Waals surface area contributed by atoms with E-state index in [0.717, 1.165) is 30.4 Å². The van der Waals surface area contributed by atoms with E-state index in [9.17, 15) is 9.50 Å². The summed E-state index contributed by atoms with van der Waals surface area (Å²) in [5.41, 5.74) is 2.02. The Balaban J connectivity index is 1.21. The van der Waals surface area contributed by atoms with Gasteiger partial charge in [0.25, 0.3) is 5.88 Å². The van der Waals surface area contributed by atoms with Crippen LogP contribution in [0.15, 0.2) is 36.7 Å². The van der Waals surface area contributed by atoms with Crippen LogP contribution in [0.1, 0.15) is 19.3 Å². The van der Waals surface area contributed by atoms with Crippen molar-refractivity contribution in [1.29, 1.82) is 0 Å². The number of hydrogen-bond donors (Lipinski definition) is 2. The number of phenolic OH excluding ortho intramolecular Hbond substituents is 1. The number of aromatic nitrogens is 4. The van der Waals surface area contributed by atoms with E-state index in [2.05, 4.69) is 25.5 Å². The monoisotopic (exact) mass is 464 g/mol. The van der Waals surface area contributed by atoms with Crippen LogP contribution in [0.2, 0.25) is 0 Å². The summed E-state index contributed by atoms with van der Waals surface area (Å²) in [6.07, 6.45) is 4.91. The smallest absolute Gasteiger partial charge is 0.257 e. The highest BCUT2D eigenvalue weighted by Gasteiger charge is 2.44. The Hall–Kier alpha value is -3.53. The van der Waals surface area contributed by atoms with Gasteiger partial charge in [-0.25, -0.2) is 14.4 Å². The predicted molar refractivity (Wildman–Crippen MR) is 123 cm³/mol. The third kappa shape index (κ3) is 3.67. The Bertz CT molecular complexity index is 1210. The summed E-state index contributed by atoms with van der Waals surface area (Å²) in [6.45, 7) is 0.952. The molecule has 3 aliphatic rings. The lowest BCUT2D eigenvalue weighted by atomic mass is 9.96. The molecule has 0 aliphatic carbocycles. The van der Waals surface area contributed by atoms with Crippen LogP contribution in [0.25, 0.3) is 22.5 Å². The molecule has 2 bridgehead atoms. The standard InChI is InChI=1S/C24H25FN6O3/c1-31(18-10-15-3-5-17(28-15)22(18)25)21-12-26-23(30-29-21)16-4-2-13(8-19(16)32)14-9-20-24(27-11-14)34-7-6-33-20/h2,4,8-9,11-12,15,17-18,22,28,32H,3,5-7,10H2,1H3/t15-,17+,18-,22+/m0/s1. The van der Waals surface area contributed by atoms with Gasteiger partial charge in [-0.05, 0) is 43.0 Å². The molecule has 0 amide bonds. The summed E-state index contributed by atoms with van der Waals surface area (Å²) in [5.74, 6) is 1.88. The van der Waals surface area contributed by atoms with Crippen LogP contribution in [0.4, 0.5) is 10.2 Å². The number of alkyl halides is 1. The molecule has 3 aliphatic heterocycles. The van der Waals surface area contributed by atoms with E-state index in [0.29, 0.717) is 48.1 Å². The molecule has 2 saturated heterocycles. The number of aromatic hydroxyl groups is 1. The molecule has 9 nitrogen and oxygen atoms in total. The molecule has 0 saturated carbocycles. The first-order chi connectivity index (χ1) is 16.6. The SMILES string of the molecule is CN(c1cnc(-c2ccc(-c3cnc4c(c3)OCCO4)cc2O)nn1)[C@H]1C[C@@H]2CC[C@@H](N2)[C@H]1F. The molecule has 2 aromatic heterocycles. The summed E-state index contributed by atoms with van der Waals surface area (Å²) in [6, 6.07) is 7.06. The van der Waals surface area contributed by atoms with Crippen molar-refractivity contribution in [2.45, 2.75) is 43.6 Å². The van der Waals surface area contributed by atoms with E-state index < -0.39 is 6.17 Å². The fraction of sp³-hybridized carbons (Fsp3) is 0.417. The normalized spacial score (nSPS) is 25.2. The Labute approximate surface area is 196 Å². The Morgan fingerprint density at radius 2 is 1.94 bits per heavy atom. The minimum atomic E-state index is -0.961. The van der Waals surface area contributed by atoms with E-state index in [1.807, 2.05) is 24.1 Å². The second kappa shape index (κ2) is 8.35. The zero-order valence-corrected chi connectivity index (χ0v) is 18.7. The molecule has 4 atom stereocenters. The van der Waals surface area contributed by atoms with Crippen molar-refractivity contribution in [2.24, 2.45) is 0 Å². The Morgan fingerprint density at radius 1 is 1.06 bits per heavy atom. The summed E-state index contributed by atoms with van der Waals surface area (Å²) >= 11 is 0. The highest BCUT2D eigenvalue weighted by molar-refractivity contribution is 5.73. The third-order valence-electron chi connectivity index (χ3n) is 6.93. The number of anilines is 1. The van der Waals surface area contributed by atoms with Crippen molar-refractivity contribution in [3.8, 4) is 39.9 Å². The number of ether oxygens (including phenoxy) is 2. The van der Waals surface area contributed by atoms with Crippen molar-refractivity contribution in [3.05, 3.63) is 36.7 Å². The maximum absolute atomic E-state index is 14.9. The molecule has 0 unspecified atom stereocenters. The molecular formula is C24H25FN6O3. The Kier molecular flexibility index (Phi) is 5.17. The number of rotatable bonds is 4. The van der Waals surface area contributed by atoms with Gasteiger partial charge in [-0.1, -0.05) is 6.07 Å². The minimum Gasteiger partial charge on any atom is -0.507 e. The second-order valence-corrected chi connectivity index (χ2v) is 9.00. The number of hydrogen-bond acceptors (Lipinski definition) is 9. The highest BCUT2D eigenvalue weighted by Crippen LogP contribution is 2.36. The van der Waals surface area contributed by atoms with E-state index in [-0.39, 0.29) is 17.8 Å². The van der Waals surface area contributed by atoms with Crippen LogP contribution < -0.4 is 19.7 Å². The molecule has 2 fully saturated rings. The molecule has 3 aromatic rings. The minimum absolute atomic E-state index is 0.0223. The van der Waals surface area contributed by atoms with Crippen LogP contribution >= 0.6 is 0 Å². The van der Waals surface area contributed by atoms with Gasteiger partial charge in [0.15, 0.2) is 17.4 Å². The number of benzene rings is 1. The summed E-state index contributed by atoms with van der Waals surface area (Å²) in [4.78, 5) is 10.5. The maximum Gasteiger partial charge on any atom is 0.257 e. The first-order valence-corrected chi connectivity index (χ1v) is 11.5. The molecule has 0 radical (unpaired) electrons.